The molecule has 2 fully saturated rings. The Morgan fingerprint density at radius 2 is 2.07 bits per heavy atom. The summed E-state index contributed by atoms with van der Waals surface area (Å²) in [7, 11) is 0. The molecule has 2 rings (SSSR count). The zero-order chi connectivity index (χ0) is 11.1. The third-order valence-electron chi connectivity index (χ3n) is 5.14. The fraction of sp³-hybridized carbons (Fsp3) is 1.00. The fourth-order valence-corrected chi connectivity index (χ4v) is 4.25. The Hall–Kier alpha value is -0.0800. The molecule has 2 nitrogen and oxygen atoms in total. The van der Waals surface area contributed by atoms with E-state index < -0.39 is 0 Å². The molecule has 2 aliphatic rings. The Morgan fingerprint density at radius 1 is 1.33 bits per heavy atom. The van der Waals surface area contributed by atoms with Gasteiger partial charge in [-0.1, -0.05) is 20.3 Å². The minimum absolute atomic E-state index is 0.0837. The van der Waals surface area contributed by atoms with E-state index in [-0.39, 0.29) is 6.10 Å². The fourth-order valence-electron chi connectivity index (χ4n) is 4.25. The molecule has 0 aliphatic heterocycles. The van der Waals surface area contributed by atoms with Crippen LogP contribution in [-0.4, -0.2) is 22.9 Å². The number of fused-ring (bicyclic) bond motifs is 1. The highest BCUT2D eigenvalue weighted by molar-refractivity contribution is 5.01. The van der Waals surface area contributed by atoms with Gasteiger partial charge in [-0.05, 0) is 48.9 Å². The maximum absolute atomic E-state index is 10.1. The number of hydrogen-bond donors (Lipinski definition) is 2. The summed E-state index contributed by atoms with van der Waals surface area (Å²) in [5.74, 6) is 1.50. The molecule has 0 aromatic heterocycles. The van der Waals surface area contributed by atoms with E-state index in [1.54, 1.807) is 0 Å². The summed E-state index contributed by atoms with van der Waals surface area (Å²) >= 11 is 0. The molecule has 0 bridgehead atoms. The number of hydrogen-bond acceptors (Lipinski definition) is 2. The summed E-state index contributed by atoms with van der Waals surface area (Å²) in [6, 6.07) is 0. The van der Waals surface area contributed by atoms with Crippen LogP contribution >= 0.6 is 0 Å². The van der Waals surface area contributed by atoms with Gasteiger partial charge in [0.1, 0.15) is 0 Å². The van der Waals surface area contributed by atoms with Crippen LogP contribution in [0.5, 0.6) is 0 Å². The molecule has 2 saturated carbocycles. The molecular weight excluding hydrogens is 188 g/mol. The van der Waals surface area contributed by atoms with E-state index in [1.165, 1.54) is 12.8 Å². The van der Waals surface area contributed by atoms with Gasteiger partial charge in [0.05, 0.1) is 6.10 Å². The Morgan fingerprint density at radius 3 is 2.73 bits per heavy atom. The van der Waals surface area contributed by atoms with Gasteiger partial charge in [-0.2, -0.15) is 0 Å². The smallest absolute Gasteiger partial charge is 0.0573 e. The standard InChI is InChI=1S/C13H24O2/c1-9(8-14)10-5-6-11-12(15)4-3-7-13(10,11)2/h9-12,14-15H,3-8H2,1-2H3/t9-,10-,11-,12+,13-/m1/s1. The highest BCUT2D eigenvalue weighted by Gasteiger charge is 2.51. The predicted molar refractivity (Wildman–Crippen MR) is 60.4 cm³/mol. The van der Waals surface area contributed by atoms with Crippen molar-refractivity contribution >= 4 is 0 Å². The van der Waals surface area contributed by atoms with Crippen molar-refractivity contribution in [1.29, 1.82) is 0 Å². The molecular formula is C13H24O2. The highest BCUT2D eigenvalue weighted by Crippen LogP contribution is 2.57. The molecule has 0 radical (unpaired) electrons. The first-order valence-electron chi connectivity index (χ1n) is 6.38. The van der Waals surface area contributed by atoms with Gasteiger partial charge < -0.3 is 10.2 Å². The minimum Gasteiger partial charge on any atom is -0.396 e. The highest BCUT2D eigenvalue weighted by atomic mass is 16.3. The SMILES string of the molecule is C[C@H](CO)[C@H]1CC[C@@H]2[C@@H](O)CCC[C@]12C. The zero-order valence-corrected chi connectivity index (χ0v) is 9.95. The van der Waals surface area contributed by atoms with E-state index >= 15 is 0 Å². The van der Waals surface area contributed by atoms with Gasteiger partial charge in [0.2, 0.25) is 0 Å². The van der Waals surface area contributed by atoms with E-state index in [0.717, 1.165) is 19.3 Å². The Bertz CT molecular complexity index is 229. The second-order valence-electron chi connectivity index (χ2n) is 5.92. The monoisotopic (exact) mass is 212 g/mol. The summed E-state index contributed by atoms with van der Waals surface area (Å²) in [5.41, 5.74) is 0.291. The summed E-state index contributed by atoms with van der Waals surface area (Å²) in [6.45, 7) is 4.78. The molecule has 0 aromatic rings. The molecule has 2 heteroatoms. The van der Waals surface area contributed by atoms with Crippen LogP contribution in [0.1, 0.15) is 46.0 Å². The lowest BCUT2D eigenvalue weighted by Gasteiger charge is -2.45. The van der Waals surface area contributed by atoms with Crippen molar-refractivity contribution in [3.63, 3.8) is 0 Å². The number of aliphatic hydroxyl groups excluding tert-OH is 2. The van der Waals surface area contributed by atoms with Crippen LogP contribution in [0, 0.1) is 23.2 Å². The zero-order valence-electron chi connectivity index (χ0n) is 9.95. The number of aliphatic hydroxyl groups is 2. The first-order valence-corrected chi connectivity index (χ1v) is 6.38. The molecule has 0 amide bonds. The largest absolute Gasteiger partial charge is 0.396 e. The quantitative estimate of drug-likeness (QED) is 0.736. The Balaban J connectivity index is 2.17. The second-order valence-corrected chi connectivity index (χ2v) is 5.92. The van der Waals surface area contributed by atoms with E-state index in [2.05, 4.69) is 13.8 Å². The lowest BCUT2D eigenvalue weighted by Crippen LogP contribution is -2.41. The summed E-state index contributed by atoms with van der Waals surface area (Å²) in [5, 5.41) is 19.4. The summed E-state index contributed by atoms with van der Waals surface area (Å²) in [6.07, 6.45) is 5.65. The van der Waals surface area contributed by atoms with Gasteiger partial charge >= 0.3 is 0 Å². The van der Waals surface area contributed by atoms with E-state index in [1.807, 2.05) is 0 Å². The van der Waals surface area contributed by atoms with Crippen LogP contribution in [0.2, 0.25) is 0 Å². The van der Waals surface area contributed by atoms with Gasteiger partial charge in [-0.3, -0.25) is 0 Å². The topological polar surface area (TPSA) is 40.5 Å². The molecule has 0 spiro atoms. The van der Waals surface area contributed by atoms with Crippen molar-refractivity contribution in [1.82, 2.24) is 0 Å². The van der Waals surface area contributed by atoms with E-state index in [4.69, 9.17) is 0 Å². The average molecular weight is 212 g/mol. The van der Waals surface area contributed by atoms with E-state index in [9.17, 15) is 10.2 Å². The lowest BCUT2D eigenvalue weighted by molar-refractivity contribution is -0.0321. The first-order chi connectivity index (χ1) is 7.09. The van der Waals surface area contributed by atoms with Crippen LogP contribution < -0.4 is 0 Å². The minimum atomic E-state index is -0.0837. The first kappa shape index (κ1) is 11.4. The lowest BCUT2D eigenvalue weighted by atomic mass is 9.62. The van der Waals surface area contributed by atoms with Crippen LogP contribution in [-0.2, 0) is 0 Å². The summed E-state index contributed by atoms with van der Waals surface area (Å²) < 4.78 is 0. The molecule has 5 atom stereocenters. The molecule has 0 unspecified atom stereocenters. The van der Waals surface area contributed by atoms with Crippen molar-refractivity contribution in [3.8, 4) is 0 Å². The van der Waals surface area contributed by atoms with Gasteiger partial charge in [-0.25, -0.2) is 0 Å². The molecule has 0 saturated heterocycles. The maximum atomic E-state index is 10.1. The van der Waals surface area contributed by atoms with Crippen molar-refractivity contribution < 1.29 is 10.2 Å². The molecule has 2 aliphatic carbocycles. The van der Waals surface area contributed by atoms with Gasteiger partial charge in [0.15, 0.2) is 0 Å². The van der Waals surface area contributed by atoms with Crippen LogP contribution in [0.15, 0.2) is 0 Å². The van der Waals surface area contributed by atoms with E-state index in [0.29, 0.717) is 29.8 Å². The third-order valence-corrected chi connectivity index (χ3v) is 5.14. The molecule has 0 heterocycles. The van der Waals surface area contributed by atoms with Crippen LogP contribution in [0.4, 0.5) is 0 Å². The molecule has 15 heavy (non-hydrogen) atoms. The van der Waals surface area contributed by atoms with Crippen LogP contribution in [0.25, 0.3) is 0 Å². The van der Waals surface area contributed by atoms with Crippen molar-refractivity contribution in [2.75, 3.05) is 6.61 Å². The predicted octanol–water partition coefficient (Wildman–Crippen LogP) is 2.19. The molecule has 2 N–H and O–H groups in total. The van der Waals surface area contributed by atoms with Crippen molar-refractivity contribution in [2.24, 2.45) is 23.2 Å². The van der Waals surface area contributed by atoms with Crippen molar-refractivity contribution in [2.45, 2.75) is 52.1 Å². The maximum Gasteiger partial charge on any atom is 0.0573 e. The van der Waals surface area contributed by atoms with Gasteiger partial charge in [-0.15, -0.1) is 0 Å². The Kier molecular flexibility index (Phi) is 3.09. The van der Waals surface area contributed by atoms with Crippen molar-refractivity contribution in [3.05, 3.63) is 0 Å². The molecule has 0 aromatic carbocycles. The second kappa shape index (κ2) is 4.06. The summed E-state index contributed by atoms with van der Waals surface area (Å²) in [4.78, 5) is 0. The third kappa shape index (κ3) is 1.72. The Labute approximate surface area is 92.7 Å². The normalized spacial score (nSPS) is 47.6. The van der Waals surface area contributed by atoms with Gasteiger partial charge in [0.25, 0.3) is 0 Å². The van der Waals surface area contributed by atoms with Gasteiger partial charge in [0, 0.05) is 6.61 Å². The average Bonchev–Trinajstić information content (AvgIpc) is 2.56. The number of rotatable bonds is 2. The molecule has 88 valence electrons. The van der Waals surface area contributed by atoms with Crippen LogP contribution in [0.3, 0.4) is 0 Å².